The van der Waals surface area contributed by atoms with Crippen LogP contribution in [0.1, 0.15) is 39.5 Å². The maximum Gasteiger partial charge on any atom is 0.130 e. The lowest BCUT2D eigenvalue weighted by Crippen LogP contribution is -2.12. The van der Waals surface area contributed by atoms with Crippen LogP contribution in [0, 0.1) is 11.8 Å². The van der Waals surface area contributed by atoms with Crippen molar-refractivity contribution in [1.82, 2.24) is 0 Å². The molecule has 0 bridgehead atoms. The summed E-state index contributed by atoms with van der Waals surface area (Å²) in [6.45, 7) is 4.33. The molecule has 0 heterocycles. The Balaban J connectivity index is 2.67. The van der Waals surface area contributed by atoms with Gasteiger partial charge in [-0.05, 0) is 18.3 Å². The molecule has 12 heavy (non-hydrogen) atoms. The van der Waals surface area contributed by atoms with Gasteiger partial charge in [0.15, 0.2) is 0 Å². The third-order valence-corrected chi connectivity index (χ3v) is 2.89. The van der Waals surface area contributed by atoms with Gasteiger partial charge in [-0.25, -0.2) is 0 Å². The molecule has 0 amide bonds. The number of hydrogen-bond acceptors (Lipinski definition) is 2. The first-order valence-electron chi connectivity index (χ1n) is 4.71. The lowest BCUT2D eigenvalue weighted by molar-refractivity contribution is 0.237. The summed E-state index contributed by atoms with van der Waals surface area (Å²) in [5, 5.41) is 18.7. The quantitative estimate of drug-likeness (QED) is 0.586. The predicted octanol–water partition coefficient (Wildman–Crippen LogP) is 3.16. The highest BCUT2D eigenvalue weighted by molar-refractivity contribution is 5.00. The third kappa shape index (κ3) is 2.16. The normalized spacial score (nSPS) is 32.8. The van der Waals surface area contributed by atoms with Crippen LogP contribution in [0.2, 0.25) is 0 Å². The summed E-state index contributed by atoms with van der Waals surface area (Å²) in [4.78, 5) is 0. The van der Waals surface area contributed by atoms with Gasteiger partial charge in [-0.3, -0.25) is 0 Å². The van der Waals surface area contributed by atoms with E-state index in [2.05, 4.69) is 13.8 Å². The predicted molar refractivity (Wildman–Crippen MR) is 49.1 cm³/mol. The smallest absolute Gasteiger partial charge is 0.130 e. The molecule has 0 saturated heterocycles. The fourth-order valence-electron chi connectivity index (χ4n) is 1.64. The second kappa shape index (κ2) is 3.83. The van der Waals surface area contributed by atoms with Crippen molar-refractivity contribution in [3.63, 3.8) is 0 Å². The zero-order chi connectivity index (χ0) is 9.14. The number of aliphatic hydroxyl groups is 2. The molecule has 0 aromatic heterocycles. The van der Waals surface area contributed by atoms with Gasteiger partial charge in [-0.2, -0.15) is 0 Å². The average molecular weight is 170 g/mol. The number of allylic oxidation sites excluding steroid dienone is 2. The molecule has 0 aromatic rings. The summed E-state index contributed by atoms with van der Waals surface area (Å²) < 4.78 is 0. The number of hydrogen-bond donors (Lipinski definition) is 2. The lowest BCUT2D eigenvalue weighted by atomic mass is 9.85. The van der Waals surface area contributed by atoms with Crippen molar-refractivity contribution in [2.75, 3.05) is 0 Å². The highest BCUT2D eigenvalue weighted by Gasteiger charge is 2.18. The van der Waals surface area contributed by atoms with E-state index in [-0.39, 0.29) is 11.5 Å². The van der Waals surface area contributed by atoms with Gasteiger partial charge in [0.25, 0.3) is 0 Å². The Labute approximate surface area is 73.9 Å². The molecule has 0 radical (unpaired) electrons. The van der Waals surface area contributed by atoms with Gasteiger partial charge in [0, 0.05) is 12.8 Å². The van der Waals surface area contributed by atoms with Crippen LogP contribution in [-0.4, -0.2) is 10.2 Å². The molecule has 2 N–H and O–H groups in total. The number of rotatable bonds is 0. The van der Waals surface area contributed by atoms with Crippen molar-refractivity contribution >= 4 is 0 Å². The number of aliphatic hydroxyl groups excluding tert-OH is 2. The van der Waals surface area contributed by atoms with E-state index in [1.807, 2.05) is 0 Å². The van der Waals surface area contributed by atoms with Gasteiger partial charge in [-0.1, -0.05) is 20.3 Å². The summed E-state index contributed by atoms with van der Waals surface area (Å²) in [6, 6.07) is 0. The van der Waals surface area contributed by atoms with Crippen LogP contribution in [0.15, 0.2) is 11.5 Å². The second-order valence-corrected chi connectivity index (χ2v) is 3.94. The Bertz CT molecular complexity index is 184. The van der Waals surface area contributed by atoms with Gasteiger partial charge < -0.3 is 10.2 Å². The molecule has 2 unspecified atom stereocenters. The standard InChI is InChI=1S/C10H18O2/c1-7-4-3-5-9(11)10(12)6-8(7)2/h7-8,11-12H,3-6H2,1-2H3. The Morgan fingerprint density at radius 2 is 1.75 bits per heavy atom. The van der Waals surface area contributed by atoms with Gasteiger partial charge in [-0.15, -0.1) is 0 Å². The summed E-state index contributed by atoms with van der Waals surface area (Å²) in [5.41, 5.74) is 0. The minimum absolute atomic E-state index is 0.203. The molecule has 0 aromatic carbocycles. The Kier molecular flexibility index (Phi) is 3.01. The van der Waals surface area contributed by atoms with Gasteiger partial charge in [0.1, 0.15) is 11.5 Å². The van der Waals surface area contributed by atoms with Crippen molar-refractivity contribution in [1.29, 1.82) is 0 Å². The van der Waals surface area contributed by atoms with Crippen LogP contribution >= 0.6 is 0 Å². The van der Waals surface area contributed by atoms with Crippen LogP contribution in [-0.2, 0) is 0 Å². The van der Waals surface area contributed by atoms with E-state index in [0.717, 1.165) is 12.8 Å². The van der Waals surface area contributed by atoms with Crippen molar-refractivity contribution in [2.24, 2.45) is 11.8 Å². The molecule has 70 valence electrons. The zero-order valence-electron chi connectivity index (χ0n) is 7.88. The molecule has 0 saturated carbocycles. The monoisotopic (exact) mass is 170 g/mol. The van der Waals surface area contributed by atoms with E-state index in [1.165, 1.54) is 0 Å². The fourth-order valence-corrected chi connectivity index (χ4v) is 1.64. The highest BCUT2D eigenvalue weighted by atomic mass is 16.3. The molecule has 1 aliphatic carbocycles. The van der Waals surface area contributed by atoms with Crippen LogP contribution in [0.25, 0.3) is 0 Å². The van der Waals surface area contributed by atoms with Crippen molar-refractivity contribution in [3.05, 3.63) is 11.5 Å². The first kappa shape index (κ1) is 9.43. The first-order chi connectivity index (χ1) is 5.61. The van der Waals surface area contributed by atoms with E-state index in [4.69, 9.17) is 0 Å². The summed E-state index contributed by atoms with van der Waals surface area (Å²) >= 11 is 0. The van der Waals surface area contributed by atoms with Crippen molar-refractivity contribution < 1.29 is 10.2 Å². The van der Waals surface area contributed by atoms with Gasteiger partial charge in [0.05, 0.1) is 0 Å². The molecule has 2 nitrogen and oxygen atoms in total. The molecule has 2 heteroatoms. The maximum absolute atomic E-state index is 9.40. The second-order valence-electron chi connectivity index (χ2n) is 3.94. The Morgan fingerprint density at radius 1 is 1.08 bits per heavy atom. The van der Waals surface area contributed by atoms with Crippen LogP contribution in [0.5, 0.6) is 0 Å². The first-order valence-corrected chi connectivity index (χ1v) is 4.71. The molecular weight excluding hydrogens is 152 g/mol. The largest absolute Gasteiger partial charge is 0.509 e. The van der Waals surface area contributed by atoms with E-state index in [0.29, 0.717) is 24.7 Å². The molecule has 0 fully saturated rings. The summed E-state index contributed by atoms with van der Waals surface area (Å²) in [7, 11) is 0. The lowest BCUT2D eigenvalue weighted by Gasteiger charge is -2.22. The van der Waals surface area contributed by atoms with Crippen LogP contribution in [0.4, 0.5) is 0 Å². The summed E-state index contributed by atoms with van der Waals surface area (Å²) in [5.74, 6) is 1.54. The van der Waals surface area contributed by atoms with Gasteiger partial charge in [0.2, 0.25) is 0 Å². The van der Waals surface area contributed by atoms with E-state index >= 15 is 0 Å². The molecule has 1 rings (SSSR count). The van der Waals surface area contributed by atoms with Gasteiger partial charge >= 0.3 is 0 Å². The highest BCUT2D eigenvalue weighted by Crippen LogP contribution is 2.28. The minimum atomic E-state index is 0.203. The Morgan fingerprint density at radius 3 is 2.42 bits per heavy atom. The van der Waals surface area contributed by atoms with E-state index in [9.17, 15) is 10.2 Å². The molecular formula is C10H18O2. The zero-order valence-corrected chi connectivity index (χ0v) is 7.88. The molecule has 0 aliphatic heterocycles. The topological polar surface area (TPSA) is 40.5 Å². The summed E-state index contributed by atoms with van der Waals surface area (Å²) in [6.07, 6.45) is 3.41. The van der Waals surface area contributed by atoms with Crippen LogP contribution in [0.3, 0.4) is 0 Å². The Hall–Kier alpha value is -0.660. The van der Waals surface area contributed by atoms with E-state index < -0.39 is 0 Å². The van der Waals surface area contributed by atoms with Crippen LogP contribution < -0.4 is 0 Å². The van der Waals surface area contributed by atoms with Crippen molar-refractivity contribution in [3.8, 4) is 0 Å². The third-order valence-electron chi connectivity index (χ3n) is 2.89. The fraction of sp³-hybridized carbons (Fsp3) is 0.800. The molecule has 0 spiro atoms. The van der Waals surface area contributed by atoms with Crippen molar-refractivity contribution in [2.45, 2.75) is 39.5 Å². The SMILES string of the molecule is CC1CCCC(O)=C(O)CC1C. The minimum Gasteiger partial charge on any atom is -0.509 e. The average Bonchev–Trinajstić information content (AvgIpc) is 2.02. The maximum atomic E-state index is 9.40. The molecule has 1 aliphatic rings. The molecule has 2 atom stereocenters. The van der Waals surface area contributed by atoms with E-state index in [1.54, 1.807) is 0 Å².